The molecule has 80 valence electrons. The van der Waals surface area contributed by atoms with Crippen LogP contribution in [-0.4, -0.2) is 24.8 Å². The van der Waals surface area contributed by atoms with E-state index in [0.29, 0.717) is 5.71 Å². The van der Waals surface area contributed by atoms with Gasteiger partial charge in [-0.1, -0.05) is 44.2 Å². The van der Waals surface area contributed by atoms with E-state index in [1.54, 1.807) is 19.1 Å². The molecular weight excluding hydrogens is 186 g/mol. The molecule has 1 aromatic carbocycles. The summed E-state index contributed by atoms with van der Waals surface area (Å²) >= 11 is 0. The van der Waals surface area contributed by atoms with Gasteiger partial charge in [0.1, 0.15) is 6.07 Å². The molecule has 0 radical (unpaired) electrons. The summed E-state index contributed by atoms with van der Waals surface area (Å²) < 4.78 is 0. The highest BCUT2D eigenvalue weighted by molar-refractivity contribution is 6.11. The van der Waals surface area contributed by atoms with E-state index >= 15 is 0 Å². The Balaban J connectivity index is 0.000000921. The Morgan fingerprint density at radius 3 is 2.13 bits per heavy atom. The Hall–Kier alpha value is -1.82. The highest BCUT2D eigenvalue weighted by atomic mass is 15.4. The maximum atomic E-state index is 8.82. The van der Waals surface area contributed by atoms with Gasteiger partial charge in [0.15, 0.2) is 5.71 Å². The molecule has 0 aliphatic carbocycles. The zero-order valence-electron chi connectivity index (χ0n) is 9.73. The van der Waals surface area contributed by atoms with Crippen LogP contribution in [0.2, 0.25) is 0 Å². The average Bonchev–Trinajstić information content (AvgIpc) is 2.29. The average molecular weight is 203 g/mol. The van der Waals surface area contributed by atoms with Crippen LogP contribution in [0.1, 0.15) is 19.4 Å². The summed E-state index contributed by atoms with van der Waals surface area (Å²) in [5.41, 5.74) is 1.28. The molecule has 3 nitrogen and oxygen atoms in total. The van der Waals surface area contributed by atoms with Crippen LogP contribution >= 0.6 is 0 Å². The lowest BCUT2D eigenvalue weighted by atomic mass is 10.1. The van der Waals surface area contributed by atoms with Crippen LogP contribution in [0.5, 0.6) is 0 Å². The van der Waals surface area contributed by atoms with E-state index in [1.165, 1.54) is 0 Å². The number of hydrogen-bond acceptors (Lipinski definition) is 3. The fourth-order valence-electron chi connectivity index (χ4n) is 0.941. The molecule has 0 fully saturated rings. The molecule has 0 N–H and O–H groups in total. The first-order chi connectivity index (χ1) is 7.24. The largest absolute Gasteiger partial charge is 0.302 e. The minimum Gasteiger partial charge on any atom is -0.302 e. The first-order valence-corrected chi connectivity index (χ1v) is 4.95. The molecule has 0 unspecified atom stereocenters. The molecule has 0 heterocycles. The lowest BCUT2D eigenvalue weighted by molar-refractivity contribution is 0.439. The van der Waals surface area contributed by atoms with E-state index in [2.05, 4.69) is 11.2 Å². The van der Waals surface area contributed by atoms with Crippen molar-refractivity contribution in [1.82, 2.24) is 5.01 Å². The van der Waals surface area contributed by atoms with E-state index in [4.69, 9.17) is 5.26 Å². The summed E-state index contributed by atoms with van der Waals surface area (Å²) in [6, 6.07) is 11.5. The molecule has 15 heavy (non-hydrogen) atoms. The number of hydrazone groups is 1. The van der Waals surface area contributed by atoms with Crippen molar-refractivity contribution in [3.63, 3.8) is 0 Å². The minimum absolute atomic E-state index is 0.436. The van der Waals surface area contributed by atoms with Gasteiger partial charge in [0.25, 0.3) is 0 Å². The lowest BCUT2D eigenvalue weighted by Crippen LogP contribution is -2.08. The standard InChI is InChI=1S/C10H11N3.C2H6/c1-13(2)12-10(8-11)9-6-4-3-5-7-9;1-2/h3-7H,1-2H3;1-2H3/b12-10+;. The molecular formula is C12H17N3. The first kappa shape index (κ1) is 13.2. The van der Waals surface area contributed by atoms with Crippen LogP contribution in [0.3, 0.4) is 0 Å². The van der Waals surface area contributed by atoms with Crippen molar-refractivity contribution in [2.24, 2.45) is 5.10 Å². The van der Waals surface area contributed by atoms with Crippen LogP contribution in [0.15, 0.2) is 35.4 Å². The normalized spacial score (nSPS) is 9.67. The molecule has 1 rings (SSSR count). The molecule has 0 aliphatic rings. The van der Waals surface area contributed by atoms with Gasteiger partial charge in [-0.15, -0.1) is 0 Å². The molecule has 0 spiro atoms. The fraction of sp³-hybridized carbons (Fsp3) is 0.333. The van der Waals surface area contributed by atoms with Crippen molar-refractivity contribution >= 4 is 5.71 Å². The molecule has 3 heteroatoms. The van der Waals surface area contributed by atoms with E-state index in [9.17, 15) is 0 Å². The first-order valence-electron chi connectivity index (χ1n) is 4.95. The monoisotopic (exact) mass is 203 g/mol. The second-order valence-corrected chi connectivity index (χ2v) is 2.77. The van der Waals surface area contributed by atoms with Crippen LogP contribution < -0.4 is 0 Å². The molecule has 0 amide bonds. The Morgan fingerprint density at radius 2 is 1.73 bits per heavy atom. The number of rotatable bonds is 2. The van der Waals surface area contributed by atoms with Crippen molar-refractivity contribution in [2.45, 2.75) is 13.8 Å². The fourth-order valence-corrected chi connectivity index (χ4v) is 0.941. The van der Waals surface area contributed by atoms with Crippen molar-refractivity contribution in [2.75, 3.05) is 14.1 Å². The molecule has 0 bridgehead atoms. The summed E-state index contributed by atoms with van der Waals surface area (Å²) in [7, 11) is 3.58. The maximum Gasteiger partial charge on any atom is 0.167 e. The molecule has 1 aromatic rings. The Morgan fingerprint density at radius 1 is 1.20 bits per heavy atom. The smallest absolute Gasteiger partial charge is 0.167 e. The van der Waals surface area contributed by atoms with E-state index < -0.39 is 0 Å². The van der Waals surface area contributed by atoms with Gasteiger partial charge in [0, 0.05) is 19.7 Å². The third-order valence-electron chi connectivity index (χ3n) is 1.45. The van der Waals surface area contributed by atoms with Gasteiger partial charge in [0.2, 0.25) is 0 Å². The number of hydrogen-bond donors (Lipinski definition) is 0. The summed E-state index contributed by atoms with van der Waals surface area (Å²) in [5, 5.41) is 14.5. The Labute approximate surface area is 91.6 Å². The predicted molar refractivity (Wildman–Crippen MR) is 63.6 cm³/mol. The minimum atomic E-state index is 0.436. The quantitative estimate of drug-likeness (QED) is 0.547. The van der Waals surface area contributed by atoms with Crippen LogP contribution in [0.25, 0.3) is 0 Å². The SMILES string of the molecule is CC.CN(C)/N=C(\C#N)c1ccccc1. The lowest BCUT2D eigenvalue weighted by Gasteiger charge is -2.04. The second kappa shape index (κ2) is 7.57. The second-order valence-electron chi connectivity index (χ2n) is 2.77. The maximum absolute atomic E-state index is 8.82. The third kappa shape index (κ3) is 4.82. The van der Waals surface area contributed by atoms with Crippen molar-refractivity contribution in [3.05, 3.63) is 35.9 Å². The summed E-state index contributed by atoms with van der Waals surface area (Å²) in [6.45, 7) is 4.00. The van der Waals surface area contributed by atoms with Gasteiger partial charge in [-0.25, -0.2) is 0 Å². The molecule has 0 atom stereocenters. The van der Waals surface area contributed by atoms with Crippen molar-refractivity contribution < 1.29 is 0 Å². The van der Waals surface area contributed by atoms with Crippen LogP contribution in [-0.2, 0) is 0 Å². The Kier molecular flexibility index (Phi) is 6.65. The van der Waals surface area contributed by atoms with Crippen molar-refractivity contribution in [1.29, 1.82) is 5.26 Å². The van der Waals surface area contributed by atoms with Gasteiger partial charge in [-0.2, -0.15) is 10.4 Å². The molecule has 0 aromatic heterocycles. The van der Waals surface area contributed by atoms with Gasteiger partial charge in [0.05, 0.1) is 0 Å². The van der Waals surface area contributed by atoms with E-state index in [0.717, 1.165) is 5.56 Å². The molecule has 0 aliphatic heterocycles. The van der Waals surface area contributed by atoms with Crippen LogP contribution in [0, 0.1) is 11.3 Å². The summed E-state index contributed by atoms with van der Waals surface area (Å²) in [4.78, 5) is 0. The third-order valence-corrected chi connectivity index (χ3v) is 1.45. The van der Waals surface area contributed by atoms with E-state index in [1.807, 2.05) is 44.2 Å². The van der Waals surface area contributed by atoms with E-state index in [-0.39, 0.29) is 0 Å². The van der Waals surface area contributed by atoms with Gasteiger partial charge < -0.3 is 5.01 Å². The molecule has 0 saturated heterocycles. The summed E-state index contributed by atoms with van der Waals surface area (Å²) in [6.07, 6.45) is 0. The van der Waals surface area contributed by atoms with Crippen LogP contribution in [0.4, 0.5) is 0 Å². The zero-order chi connectivity index (χ0) is 11.7. The zero-order valence-corrected chi connectivity index (χ0v) is 9.73. The number of benzene rings is 1. The Bertz CT molecular complexity index is 334. The number of nitrogens with zero attached hydrogens (tertiary/aromatic N) is 3. The highest BCUT2D eigenvalue weighted by Crippen LogP contribution is 2.00. The highest BCUT2D eigenvalue weighted by Gasteiger charge is 2.00. The van der Waals surface area contributed by atoms with Gasteiger partial charge >= 0.3 is 0 Å². The molecule has 0 saturated carbocycles. The summed E-state index contributed by atoms with van der Waals surface area (Å²) in [5.74, 6) is 0. The predicted octanol–water partition coefficient (Wildman–Crippen LogP) is 2.50. The van der Waals surface area contributed by atoms with Gasteiger partial charge in [-0.3, -0.25) is 0 Å². The van der Waals surface area contributed by atoms with Gasteiger partial charge in [-0.05, 0) is 0 Å². The van der Waals surface area contributed by atoms with Crippen molar-refractivity contribution in [3.8, 4) is 6.07 Å². The number of nitriles is 1. The topological polar surface area (TPSA) is 39.4 Å².